The van der Waals surface area contributed by atoms with E-state index in [-0.39, 0.29) is 12.3 Å². The number of carbonyl (C=O) groups is 1. The quantitative estimate of drug-likeness (QED) is 0.342. The van der Waals surface area contributed by atoms with Gasteiger partial charge in [0.1, 0.15) is 11.8 Å². The Morgan fingerprint density at radius 1 is 1.22 bits per heavy atom. The molecular weight excluding hydrogens is 476 g/mol. The van der Waals surface area contributed by atoms with Crippen LogP contribution < -0.4 is 10.1 Å². The molecule has 0 atom stereocenters. The van der Waals surface area contributed by atoms with Crippen LogP contribution in [0.15, 0.2) is 52.5 Å². The number of aromatic nitrogens is 2. The standard InChI is InChI=1S/C26H27BFN5O2S/c1-17-13-19(3)32-27(28)33-20(5-6-21(33)14-18(17)2)7-10-25(34)30-11-4-12-35-22-8-9-23-24(15-22)36-26(16-29)31-23/h5-6,8-9,13-15H,4,7,10-12H2,1-3H3,(H,30,34). The number of rotatable bonds is 8. The fourth-order valence-corrected chi connectivity index (χ4v) is 4.77. The van der Waals surface area contributed by atoms with E-state index >= 15 is 4.32 Å². The highest BCUT2D eigenvalue weighted by Gasteiger charge is 2.24. The molecule has 3 heterocycles. The van der Waals surface area contributed by atoms with Gasteiger partial charge in [-0.25, -0.2) is 4.98 Å². The molecule has 2 aromatic heterocycles. The molecule has 0 bridgehead atoms. The number of halogens is 1. The number of hydrogen-bond donors (Lipinski definition) is 1. The predicted octanol–water partition coefficient (Wildman–Crippen LogP) is 5.11. The highest BCUT2D eigenvalue weighted by Crippen LogP contribution is 2.26. The zero-order valence-electron chi connectivity index (χ0n) is 20.5. The monoisotopic (exact) mass is 503 g/mol. The smallest absolute Gasteiger partial charge is 0.493 e. The molecule has 184 valence electrons. The second-order valence-electron chi connectivity index (χ2n) is 8.67. The maximum Gasteiger partial charge on any atom is 0.611 e. The van der Waals surface area contributed by atoms with Crippen molar-refractivity contribution in [2.24, 2.45) is 4.90 Å². The van der Waals surface area contributed by atoms with Crippen LogP contribution in [0, 0.1) is 11.3 Å². The molecule has 1 aliphatic rings. The van der Waals surface area contributed by atoms with Crippen molar-refractivity contribution in [2.45, 2.75) is 40.0 Å². The Morgan fingerprint density at radius 3 is 2.83 bits per heavy atom. The number of carbonyl (C=O) groups excluding carboxylic acids is 1. The summed E-state index contributed by atoms with van der Waals surface area (Å²) in [5.74, 6) is 0.610. The molecule has 10 heteroatoms. The summed E-state index contributed by atoms with van der Waals surface area (Å²) in [4.78, 5) is 20.8. The van der Waals surface area contributed by atoms with Crippen LogP contribution in [0.5, 0.6) is 5.75 Å². The second-order valence-corrected chi connectivity index (χ2v) is 9.70. The van der Waals surface area contributed by atoms with Crippen molar-refractivity contribution in [3.8, 4) is 11.8 Å². The van der Waals surface area contributed by atoms with Crippen molar-refractivity contribution in [1.82, 2.24) is 14.8 Å². The summed E-state index contributed by atoms with van der Waals surface area (Å²) in [7, 11) is -1.54. The summed E-state index contributed by atoms with van der Waals surface area (Å²) in [6.45, 7) is 6.69. The highest BCUT2D eigenvalue weighted by molar-refractivity contribution is 7.19. The topological polar surface area (TPSA) is 92.3 Å². The third-order valence-electron chi connectivity index (χ3n) is 5.94. The number of thiazole rings is 1. The van der Waals surface area contributed by atoms with E-state index in [1.54, 1.807) is 11.4 Å². The number of aryl methyl sites for hydroxylation is 1. The van der Waals surface area contributed by atoms with Gasteiger partial charge in [0.05, 0.1) is 16.8 Å². The summed E-state index contributed by atoms with van der Waals surface area (Å²) < 4.78 is 23.3. The van der Waals surface area contributed by atoms with Crippen molar-refractivity contribution in [1.29, 1.82) is 5.26 Å². The summed E-state index contributed by atoms with van der Waals surface area (Å²) in [5.41, 5.74) is 4.96. The number of nitriles is 1. The van der Waals surface area contributed by atoms with Gasteiger partial charge in [0.15, 0.2) is 5.01 Å². The van der Waals surface area contributed by atoms with Crippen LogP contribution >= 0.6 is 11.3 Å². The van der Waals surface area contributed by atoms with Gasteiger partial charge in [0.2, 0.25) is 5.91 Å². The van der Waals surface area contributed by atoms with Gasteiger partial charge < -0.3 is 14.5 Å². The first kappa shape index (κ1) is 25.4. The Labute approximate surface area is 214 Å². The van der Waals surface area contributed by atoms with Gasteiger partial charge in [0.25, 0.3) is 0 Å². The zero-order valence-corrected chi connectivity index (χ0v) is 21.4. The third-order valence-corrected chi connectivity index (χ3v) is 6.87. The molecule has 3 aromatic rings. The Hall–Kier alpha value is -3.71. The molecule has 1 N–H and O–H groups in total. The van der Waals surface area contributed by atoms with Gasteiger partial charge in [-0.15, -0.1) is 11.3 Å². The lowest BCUT2D eigenvalue weighted by Gasteiger charge is -2.12. The molecule has 4 rings (SSSR count). The largest absolute Gasteiger partial charge is 0.611 e. The first-order valence-electron chi connectivity index (χ1n) is 11.8. The predicted molar refractivity (Wildman–Crippen MR) is 143 cm³/mol. The average Bonchev–Trinajstić information content (AvgIpc) is 3.45. The van der Waals surface area contributed by atoms with Crippen LogP contribution in [0.3, 0.4) is 0 Å². The van der Waals surface area contributed by atoms with Gasteiger partial charge in [-0.1, -0.05) is 0 Å². The second kappa shape index (κ2) is 11.4. The number of fused-ring (bicyclic) bond motifs is 2. The fraction of sp³-hybridized carbons (Fsp3) is 0.308. The van der Waals surface area contributed by atoms with E-state index in [0.29, 0.717) is 42.5 Å². The van der Waals surface area contributed by atoms with E-state index in [0.717, 1.165) is 32.8 Å². The van der Waals surface area contributed by atoms with Gasteiger partial charge >= 0.3 is 7.26 Å². The molecule has 0 fully saturated rings. The molecular formula is C26H27BFN5O2S. The van der Waals surface area contributed by atoms with Crippen LogP contribution in [0.4, 0.5) is 4.32 Å². The molecule has 36 heavy (non-hydrogen) atoms. The first-order valence-corrected chi connectivity index (χ1v) is 12.6. The van der Waals surface area contributed by atoms with Crippen LogP contribution in [0.2, 0.25) is 0 Å². The summed E-state index contributed by atoms with van der Waals surface area (Å²) in [5, 5.41) is 12.3. The minimum Gasteiger partial charge on any atom is -0.493 e. The highest BCUT2D eigenvalue weighted by atomic mass is 32.1. The van der Waals surface area contributed by atoms with E-state index in [4.69, 9.17) is 10.00 Å². The Kier molecular flexibility index (Phi) is 8.01. The SMILES string of the molecule is CC1=CC(C)=NB(F)n2c(ccc2CCC(=O)NCCCOc2ccc3nc(C#N)sc3c2)C=C1C. The van der Waals surface area contributed by atoms with Crippen LogP contribution in [0.1, 0.15) is 50.0 Å². The minimum atomic E-state index is -1.54. The Balaban J connectivity index is 1.26. The van der Waals surface area contributed by atoms with E-state index in [1.165, 1.54) is 11.3 Å². The lowest BCUT2D eigenvalue weighted by molar-refractivity contribution is -0.121. The lowest BCUT2D eigenvalue weighted by Crippen LogP contribution is -2.27. The first-order chi connectivity index (χ1) is 17.3. The van der Waals surface area contributed by atoms with Crippen LogP contribution in [-0.2, 0) is 11.2 Å². The number of benzene rings is 1. The van der Waals surface area contributed by atoms with Crippen LogP contribution in [0.25, 0.3) is 16.3 Å². The van der Waals surface area contributed by atoms with Gasteiger partial charge in [-0.3, -0.25) is 14.0 Å². The number of hydrogen-bond acceptors (Lipinski definition) is 6. The fourth-order valence-electron chi connectivity index (χ4n) is 3.98. The molecule has 1 amide bonds. The number of nitrogens with one attached hydrogen (secondary N) is 1. The molecule has 1 aromatic carbocycles. The molecule has 0 aliphatic carbocycles. The number of amides is 1. The summed E-state index contributed by atoms with van der Waals surface area (Å²) in [6.07, 6.45) is 5.14. The maximum atomic E-state index is 15.0. The van der Waals surface area contributed by atoms with E-state index in [1.807, 2.05) is 56.3 Å². The number of allylic oxidation sites excluding steroid dienone is 3. The van der Waals surface area contributed by atoms with Crippen molar-refractivity contribution in [2.75, 3.05) is 13.2 Å². The molecule has 0 unspecified atom stereocenters. The van der Waals surface area contributed by atoms with Gasteiger partial charge in [0, 0.05) is 30.1 Å². The van der Waals surface area contributed by atoms with Gasteiger partial charge in [-0.05, 0) is 87.2 Å². The normalized spacial score (nSPS) is 13.5. The van der Waals surface area contributed by atoms with Gasteiger partial charge in [-0.2, -0.15) is 5.26 Å². The minimum absolute atomic E-state index is 0.0944. The Morgan fingerprint density at radius 2 is 2.03 bits per heavy atom. The van der Waals surface area contributed by atoms with E-state index in [2.05, 4.69) is 21.3 Å². The summed E-state index contributed by atoms with van der Waals surface area (Å²) >= 11 is 1.33. The maximum absolute atomic E-state index is 15.0. The van der Waals surface area contributed by atoms with Crippen LogP contribution in [-0.4, -0.2) is 41.5 Å². The lowest BCUT2D eigenvalue weighted by atomic mass is 10.0. The molecule has 0 radical (unpaired) electrons. The van der Waals surface area contributed by atoms with Crippen molar-refractivity contribution in [3.63, 3.8) is 0 Å². The molecule has 7 nitrogen and oxygen atoms in total. The summed E-state index contributed by atoms with van der Waals surface area (Å²) in [6, 6.07) is 11.3. The average molecular weight is 503 g/mol. The number of nitrogens with zero attached hydrogens (tertiary/aromatic N) is 4. The van der Waals surface area contributed by atoms with E-state index < -0.39 is 7.26 Å². The molecule has 0 spiro atoms. The van der Waals surface area contributed by atoms with Crippen molar-refractivity contribution < 1.29 is 13.8 Å². The Bertz CT molecular complexity index is 1420. The molecule has 1 aliphatic heterocycles. The van der Waals surface area contributed by atoms with Crippen molar-refractivity contribution >= 4 is 46.5 Å². The molecule has 0 saturated heterocycles. The van der Waals surface area contributed by atoms with Crippen molar-refractivity contribution in [3.05, 3.63) is 63.9 Å². The van der Waals surface area contributed by atoms with E-state index in [9.17, 15) is 4.79 Å². The molecule has 0 saturated carbocycles. The zero-order chi connectivity index (χ0) is 25.7. The third kappa shape index (κ3) is 6.10. The number of ether oxygens (including phenoxy) is 1.